The quantitative estimate of drug-likeness (QED) is 0.828. The minimum absolute atomic E-state index is 0.301. The fraction of sp³-hybridized carbons (Fsp3) is 0. The normalized spacial score (nSPS) is 9.87. The number of nitrogens with zero attached hydrogens (tertiary/aromatic N) is 2. The van der Waals surface area contributed by atoms with Gasteiger partial charge in [0.1, 0.15) is 23.1 Å². The van der Waals surface area contributed by atoms with E-state index in [2.05, 4.69) is 26.1 Å². The van der Waals surface area contributed by atoms with Gasteiger partial charge in [-0.25, -0.2) is 0 Å². The summed E-state index contributed by atoms with van der Waals surface area (Å²) in [6.07, 6.45) is 0. The molecule has 0 unspecified atom stereocenters. The fourth-order valence-corrected chi connectivity index (χ4v) is 1.55. The molecular weight excluding hydrogens is 256 g/mol. The van der Waals surface area contributed by atoms with E-state index in [-0.39, 0.29) is 0 Å². The van der Waals surface area contributed by atoms with Crippen molar-refractivity contribution in [2.24, 2.45) is 0 Å². The van der Waals surface area contributed by atoms with Crippen molar-refractivity contribution in [2.45, 2.75) is 0 Å². The molecule has 1 aromatic heterocycles. The molecule has 0 spiro atoms. The number of hydrogen-bond acceptors (Lipinski definition) is 3. The van der Waals surface area contributed by atoms with Crippen molar-refractivity contribution in [3.63, 3.8) is 0 Å². The largest absolute Gasteiger partial charge is 0.383 e. The zero-order valence-corrected chi connectivity index (χ0v) is 9.25. The van der Waals surface area contributed by atoms with Crippen LogP contribution in [0.2, 0.25) is 0 Å². The maximum absolute atomic E-state index is 8.90. The minimum Gasteiger partial charge on any atom is -0.383 e. The first-order valence-electron chi connectivity index (χ1n) is 4.22. The van der Waals surface area contributed by atoms with Crippen molar-refractivity contribution in [3.8, 4) is 17.3 Å². The van der Waals surface area contributed by atoms with Crippen LogP contribution in [-0.2, 0) is 0 Å². The van der Waals surface area contributed by atoms with Crippen molar-refractivity contribution in [2.75, 3.05) is 5.73 Å². The lowest BCUT2D eigenvalue weighted by atomic mass is 10.1. The molecule has 0 atom stereocenters. The van der Waals surface area contributed by atoms with Crippen molar-refractivity contribution in [1.29, 1.82) is 5.26 Å². The van der Waals surface area contributed by atoms with Gasteiger partial charge < -0.3 is 5.73 Å². The van der Waals surface area contributed by atoms with E-state index >= 15 is 0 Å². The highest BCUT2D eigenvalue weighted by molar-refractivity contribution is 9.10. The Balaban J connectivity index is 2.55. The van der Waals surface area contributed by atoms with Crippen LogP contribution in [-0.4, -0.2) is 10.2 Å². The van der Waals surface area contributed by atoms with Crippen LogP contribution in [0.4, 0.5) is 5.82 Å². The Morgan fingerprint density at radius 2 is 2.00 bits per heavy atom. The summed E-state index contributed by atoms with van der Waals surface area (Å²) in [5, 5.41) is 15.5. The van der Waals surface area contributed by atoms with Crippen LogP contribution in [0.15, 0.2) is 28.7 Å². The second-order valence-electron chi connectivity index (χ2n) is 2.98. The van der Waals surface area contributed by atoms with Crippen molar-refractivity contribution in [1.82, 2.24) is 10.2 Å². The van der Waals surface area contributed by atoms with Gasteiger partial charge in [-0.15, -0.1) is 0 Å². The van der Waals surface area contributed by atoms with Gasteiger partial charge >= 0.3 is 0 Å². The second-order valence-corrected chi connectivity index (χ2v) is 3.90. The molecule has 2 rings (SSSR count). The van der Waals surface area contributed by atoms with E-state index < -0.39 is 0 Å². The molecule has 0 aliphatic carbocycles. The summed E-state index contributed by atoms with van der Waals surface area (Å²) < 4.78 is 0.980. The van der Waals surface area contributed by atoms with E-state index in [4.69, 9.17) is 11.0 Å². The Morgan fingerprint density at radius 1 is 1.33 bits per heavy atom. The lowest BCUT2D eigenvalue weighted by Gasteiger charge is -1.97. The number of benzene rings is 1. The molecule has 5 heteroatoms. The van der Waals surface area contributed by atoms with Gasteiger partial charge in [-0.1, -0.05) is 28.1 Å². The van der Waals surface area contributed by atoms with Gasteiger partial charge in [-0.05, 0) is 12.1 Å². The van der Waals surface area contributed by atoms with E-state index in [1.54, 1.807) is 0 Å². The second kappa shape index (κ2) is 3.75. The van der Waals surface area contributed by atoms with E-state index in [1.807, 2.05) is 30.3 Å². The van der Waals surface area contributed by atoms with Crippen LogP contribution in [0.25, 0.3) is 11.3 Å². The Morgan fingerprint density at radius 3 is 2.60 bits per heavy atom. The zero-order chi connectivity index (χ0) is 10.8. The summed E-state index contributed by atoms with van der Waals surface area (Å²) in [4.78, 5) is 0. The van der Waals surface area contributed by atoms with Crippen molar-refractivity contribution < 1.29 is 0 Å². The standard InChI is InChI=1S/C10H7BrN4/c11-7-3-1-6(2-4-7)9-8(5-12)10(13)15-14-9/h1-4H,(H3,13,14,15). The molecule has 0 saturated carbocycles. The highest BCUT2D eigenvalue weighted by atomic mass is 79.9. The Bertz CT molecular complexity index is 521. The van der Waals surface area contributed by atoms with Crippen molar-refractivity contribution in [3.05, 3.63) is 34.3 Å². The van der Waals surface area contributed by atoms with Gasteiger partial charge in [-0.2, -0.15) is 10.4 Å². The minimum atomic E-state index is 0.301. The maximum atomic E-state index is 8.90. The summed E-state index contributed by atoms with van der Waals surface area (Å²) in [7, 11) is 0. The number of H-pyrrole nitrogens is 1. The molecule has 3 N–H and O–H groups in total. The third kappa shape index (κ3) is 1.72. The first-order chi connectivity index (χ1) is 7.22. The Labute approximate surface area is 94.9 Å². The van der Waals surface area contributed by atoms with Crippen LogP contribution in [0, 0.1) is 11.3 Å². The Hall–Kier alpha value is -1.80. The van der Waals surface area contributed by atoms with Gasteiger partial charge in [0, 0.05) is 10.0 Å². The number of nitrogens with two attached hydrogens (primary N) is 1. The summed E-state index contributed by atoms with van der Waals surface area (Å²) in [6, 6.07) is 9.56. The molecular formula is C10H7BrN4. The predicted octanol–water partition coefficient (Wildman–Crippen LogP) is 2.29. The van der Waals surface area contributed by atoms with Crippen LogP contribution in [0.1, 0.15) is 5.56 Å². The smallest absolute Gasteiger partial charge is 0.137 e. The van der Waals surface area contributed by atoms with Gasteiger partial charge in [0.2, 0.25) is 0 Å². The number of anilines is 1. The molecule has 4 nitrogen and oxygen atoms in total. The fourth-order valence-electron chi connectivity index (χ4n) is 1.29. The monoisotopic (exact) mass is 262 g/mol. The van der Waals surface area contributed by atoms with E-state index in [1.165, 1.54) is 0 Å². The molecule has 0 bridgehead atoms. The average molecular weight is 263 g/mol. The predicted molar refractivity (Wildman–Crippen MR) is 60.9 cm³/mol. The number of aromatic nitrogens is 2. The lowest BCUT2D eigenvalue weighted by molar-refractivity contribution is 1.10. The van der Waals surface area contributed by atoms with Gasteiger partial charge in [0.15, 0.2) is 0 Å². The SMILES string of the molecule is N#Cc1c(-c2ccc(Br)cc2)n[nH]c1N. The molecule has 0 aliphatic heterocycles. The summed E-state index contributed by atoms with van der Waals surface area (Å²) in [5.41, 5.74) is 7.40. The first kappa shape index (κ1) is 9.74. The number of hydrogen-bond donors (Lipinski definition) is 2. The van der Waals surface area contributed by atoms with Gasteiger partial charge in [-0.3, -0.25) is 5.10 Å². The van der Waals surface area contributed by atoms with Gasteiger partial charge in [0.05, 0.1) is 0 Å². The number of nitrogen functional groups attached to an aromatic ring is 1. The van der Waals surface area contributed by atoms with Crippen LogP contribution in [0.5, 0.6) is 0 Å². The lowest BCUT2D eigenvalue weighted by Crippen LogP contribution is -1.87. The highest BCUT2D eigenvalue weighted by Crippen LogP contribution is 2.25. The molecule has 1 aromatic carbocycles. The molecule has 0 amide bonds. The number of nitrogens with one attached hydrogen (secondary N) is 1. The molecule has 74 valence electrons. The highest BCUT2D eigenvalue weighted by Gasteiger charge is 2.11. The first-order valence-corrected chi connectivity index (χ1v) is 5.01. The molecule has 0 radical (unpaired) electrons. The number of nitriles is 1. The summed E-state index contributed by atoms with van der Waals surface area (Å²) >= 11 is 3.34. The Kier molecular flexibility index (Phi) is 2.44. The molecule has 1 heterocycles. The average Bonchev–Trinajstić information content (AvgIpc) is 2.61. The summed E-state index contributed by atoms with van der Waals surface area (Å²) in [5.74, 6) is 0.301. The molecule has 15 heavy (non-hydrogen) atoms. The van der Waals surface area contributed by atoms with E-state index in [9.17, 15) is 0 Å². The van der Waals surface area contributed by atoms with E-state index in [0.29, 0.717) is 17.1 Å². The zero-order valence-electron chi connectivity index (χ0n) is 7.66. The molecule has 0 aliphatic rings. The third-order valence-corrected chi connectivity index (χ3v) is 2.55. The molecule has 2 aromatic rings. The van der Waals surface area contributed by atoms with E-state index in [0.717, 1.165) is 10.0 Å². The topological polar surface area (TPSA) is 78.5 Å². The van der Waals surface area contributed by atoms with Crippen LogP contribution in [0.3, 0.4) is 0 Å². The summed E-state index contributed by atoms with van der Waals surface area (Å²) in [6.45, 7) is 0. The van der Waals surface area contributed by atoms with Crippen molar-refractivity contribution >= 4 is 21.7 Å². The molecule has 0 saturated heterocycles. The van der Waals surface area contributed by atoms with Gasteiger partial charge in [0.25, 0.3) is 0 Å². The number of rotatable bonds is 1. The van der Waals surface area contributed by atoms with Crippen LogP contribution >= 0.6 is 15.9 Å². The van der Waals surface area contributed by atoms with Crippen LogP contribution < -0.4 is 5.73 Å². The third-order valence-electron chi connectivity index (χ3n) is 2.02. The maximum Gasteiger partial charge on any atom is 0.137 e. The number of halogens is 1. The molecule has 0 fully saturated rings. The number of aromatic amines is 1.